The van der Waals surface area contributed by atoms with Crippen LogP contribution >= 0.6 is 22.9 Å². The molecule has 2 rings (SSSR count). The number of benzene rings is 1. The van der Waals surface area contributed by atoms with Gasteiger partial charge in [0.1, 0.15) is 12.4 Å². The van der Waals surface area contributed by atoms with Crippen molar-refractivity contribution < 1.29 is 4.74 Å². The minimum Gasteiger partial charge on any atom is -0.492 e. The largest absolute Gasteiger partial charge is 0.492 e. The Morgan fingerprint density at radius 2 is 1.96 bits per heavy atom. The molecule has 0 fully saturated rings. The number of ether oxygens (including phenoxy) is 1. The van der Waals surface area contributed by atoms with E-state index in [1.54, 1.807) is 11.3 Å². The molecule has 2 aromatic rings. The highest BCUT2D eigenvalue weighted by Gasteiger charge is 2.08. The van der Waals surface area contributed by atoms with Crippen molar-refractivity contribution in [3.8, 4) is 5.75 Å². The Hall–Kier alpha value is -1.82. The minimum absolute atomic E-state index is 0.677. The minimum atomic E-state index is 0.677. The number of aromatic nitrogens is 1. The normalized spacial score (nSPS) is 12.5. The highest BCUT2D eigenvalue weighted by atomic mass is 35.5. The first kappa shape index (κ1) is 20.5. The van der Waals surface area contributed by atoms with E-state index in [4.69, 9.17) is 16.3 Å². The van der Waals surface area contributed by atoms with E-state index in [9.17, 15) is 0 Å². The number of likely N-dealkylation sites (N-methyl/N-ethyl adjacent to an activating group) is 1. The first-order valence-electron chi connectivity index (χ1n) is 8.58. The lowest BCUT2D eigenvalue weighted by Gasteiger charge is -2.11. The molecule has 140 valence electrons. The van der Waals surface area contributed by atoms with Crippen LogP contribution in [0.3, 0.4) is 0 Å². The second-order valence-corrected chi connectivity index (χ2v) is 7.57. The molecular formula is C20H26ClN3OS. The summed E-state index contributed by atoms with van der Waals surface area (Å²) in [6.07, 6.45) is 6.63. The van der Waals surface area contributed by atoms with Crippen LogP contribution < -0.4 is 10.1 Å². The maximum atomic E-state index is 6.17. The maximum absolute atomic E-state index is 6.17. The molecule has 0 spiro atoms. The number of halogens is 1. The highest BCUT2D eigenvalue weighted by Crippen LogP contribution is 2.32. The van der Waals surface area contributed by atoms with Crippen molar-refractivity contribution in [2.45, 2.75) is 20.3 Å². The Morgan fingerprint density at radius 1 is 1.23 bits per heavy atom. The molecule has 26 heavy (non-hydrogen) atoms. The number of anilines is 2. The fourth-order valence-electron chi connectivity index (χ4n) is 2.20. The molecule has 1 aromatic heterocycles. The molecule has 4 nitrogen and oxygen atoms in total. The summed E-state index contributed by atoms with van der Waals surface area (Å²) in [6.45, 7) is 5.54. The Balaban J connectivity index is 1.96. The lowest BCUT2D eigenvalue weighted by Crippen LogP contribution is -2.19. The summed E-state index contributed by atoms with van der Waals surface area (Å²) in [6, 6.07) is 7.93. The third-order valence-corrected chi connectivity index (χ3v) is 5.10. The van der Waals surface area contributed by atoms with Gasteiger partial charge in [0.25, 0.3) is 0 Å². The van der Waals surface area contributed by atoms with Crippen LogP contribution in [0.1, 0.15) is 25.1 Å². The standard InChI is InChI=1S/C20H26ClN3OS/c1-5-15(13-16(21)6-2)19-14-22-20(26-19)23-17-7-9-18(10-8-17)25-12-11-24(3)4/h5-10,14H,11-13H2,1-4H3,(H,22,23)/b15-5+,16-6+. The van der Waals surface area contributed by atoms with Crippen molar-refractivity contribution in [3.05, 3.63) is 52.5 Å². The maximum Gasteiger partial charge on any atom is 0.187 e. The van der Waals surface area contributed by atoms with Crippen molar-refractivity contribution in [2.75, 3.05) is 32.6 Å². The molecular weight excluding hydrogens is 366 g/mol. The second-order valence-electron chi connectivity index (χ2n) is 6.06. The van der Waals surface area contributed by atoms with Crippen LogP contribution in [0.2, 0.25) is 0 Å². The van der Waals surface area contributed by atoms with Crippen molar-refractivity contribution in [2.24, 2.45) is 0 Å². The molecule has 0 saturated heterocycles. The average Bonchev–Trinajstić information content (AvgIpc) is 3.09. The number of hydrogen-bond donors (Lipinski definition) is 1. The molecule has 0 amide bonds. The van der Waals surface area contributed by atoms with Crippen LogP contribution in [0, 0.1) is 0 Å². The zero-order valence-electron chi connectivity index (χ0n) is 15.8. The number of nitrogens with one attached hydrogen (secondary N) is 1. The van der Waals surface area contributed by atoms with Gasteiger partial charge in [-0.15, -0.1) is 0 Å². The lowest BCUT2D eigenvalue weighted by atomic mass is 10.1. The van der Waals surface area contributed by atoms with Gasteiger partial charge >= 0.3 is 0 Å². The molecule has 1 aromatic carbocycles. The summed E-state index contributed by atoms with van der Waals surface area (Å²) >= 11 is 7.79. The molecule has 0 atom stereocenters. The number of thiazole rings is 1. The predicted octanol–water partition coefficient (Wildman–Crippen LogP) is 5.76. The molecule has 0 aliphatic carbocycles. The van der Waals surface area contributed by atoms with E-state index in [0.29, 0.717) is 6.61 Å². The van der Waals surface area contributed by atoms with Gasteiger partial charge < -0.3 is 15.0 Å². The Bertz CT molecular complexity index is 751. The molecule has 0 unspecified atom stereocenters. The third-order valence-electron chi connectivity index (χ3n) is 3.76. The summed E-state index contributed by atoms with van der Waals surface area (Å²) in [7, 11) is 4.06. The first-order valence-corrected chi connectivity index (χ1v) is 9.78. The smallest absolute Gasteiger partial charge is 0.187 e. The average molecular weight is 392 g/mol. The topological polar surface area (TPSA) is 37.4 Å². The second kappa shape index (κ2) is 10.4. The summed E-state index contributed by atoms with van der Waals surface area (Å²) in [4.78, 5) is 7.69. The molecule has 0 saturated carbocycles. The monoisotopic (exact) mass is 391 g/mol. The van der Waals surface area contributed by atoms with Gasteiger partial charge in [-0.1, -0.05) is 35.1 Å². The van der Waals surface area contributed by atoms with E-state index in [1.165, 1.54) is 5.57 Å². The van der Waals surface area contributed by atoms with Crippen molar-refractivity contribution in [3.63, 3.8) is 0 Å². The fourth-order valence-corrected chi connectivity index (χ4v) is 3.25. The third kappa shape index (κ3) is 6.48. The summed E-state index contributed by atoms with van der Waals surface area (Å²) in [5.74, 6) is 0.870. The quantitative estimate of drug-likeness (QED) is 0.589. The Kier molecular flexibility index (Phi) is 8.16. The van der Waals surface area contributed by atoms with E-state index in [0.717, 1.165) is 39.4 Å². The van der Waals surface area contributed by atoms with Crippen LogP contribution in [0.5, 0.6) is 5.75 Å². The zero-order chi connectivity index (χ0) is 18.9. The van der Waals surface area contributed by atoms with E-state index in [-0.39, 0.29) is 0 Å². The van der Waals surface area contributed by atoms with Crippen LogP contribution in [-0.4, -0.2) is 37.1 Å². The number of allylic oxidation sites excluding steroid dienone is 4. The molecule has 0 aliphatic heterocycles. The Morgan fingerprint density at radius 3 is 2.58 bits per heavy atom. The van der Waals surface area contributed by atoms with Crippen molar-refractivity contribution in [1.29, 1.82) is 0 Å². The molecule has 0 aliphatic rings. The van der Waals surface area contributed by atoms with Crippen molar-refractivity contribution in [1.82, 2.24) is 9.88 Å². The van der Waals surface area contributed by atoms with Crippen molar-refractivity contribution >= 4 is 39.3 Å². The van der Waals surface area contributed by atoms with E-state index in [1.807, 2.05) is 64.5 Å². The van der Waals surface area contributed by atoms with Gasteiger partial charge in [-0.05, 0) is 57.8 Å². The van der Waals surface area contributed by atoms with Crippen LogP contribution in [0.4, 0.5) is 10.8 Å². The highest BCUT2D eigenvalue weighted by molar-refractivity contribution is 7.16. The fraction of sp³-hybridized carbons (Fsp3) is 0.350. The molecule has 6 heteroatoms. The SMILES string of the molecule is C/C=C(/Cl)C/C(=C\C)c1cnc(Nc2ccc(OCCN(C)C)cc2)s1. The van der Waals surface area contributed by atoms with Crippen LogP contribution in [-0.2, 0) is 0 Å². The lowest BCUT2D eigenvalue weighted by molar-refractivity contribution is 0.261. The van der Waals surface area contributed by atoms with Gasteiger partial charge in [0.15, 0.2) is 5.13 Å². The Labute approximate surface area is 165 Å². The first-order chi connectivity index (χ1) is 12.5. The van der Waals surface area contributed by atoms with Crippen LogP contribution in [0.15, 0.2) is 47.6 Å². The number of rotatable bonds is 9. The van der Waals surface area contributed by atoms with E-state index < -0.39 is 0 Å². The van der Waals surface area contributed by atoms with Gasteiger partial charge in [-0.25, -0.2) is 4.98 Å². The van der Waals surface area contributed by atoms with Gasteiger partial charge in [-0.2, -0.15) is 0 Å². The zero-order valence-corrected chi connectivity index (χ0v) is 17.3. The number of hydrogen-bond acceptors (Lipinski definition) is 5. The van der Waals surface area contributed by atoms with E-state index in [2.05, 4.69) is 21.3 Å². The summed E-state index contributed by atoms with van der Waals surface area (Å²) in [5.41, 5.74) is 2.17. The van der Waals surface area contributed by atoms with Crippen LogP contribution in [0.25, 0.3) is 5.57 Å². The van der Waals surface area contributed by atoms with Gasteiger partial charge in [-0.3, -0.25) is 0 Å². The molecule has 1 N–H and O–H groups in total. The molecule has 0 radical (unpaired) electrons. The van der Waals surface area contributed by atoms with Gasteiger partial charge in [0, 0.05) is 29.9 Å². The van der Waals surface area contributed by atoms with Gasteiger partial charge in [0.05, 0.1) is 4.88 Å². The molecule has 0 bridgehead atoms. The molecule has 1 heterocycles. The predicted molar refractivity (Wildman–Crippen MR) is 114 cm³/mol. The summed E-state index contributed by atoms with van der Waals surface area (Å²) in [5, 5.41) is 5.04. The van der Waals surface area contributed by atoms with Gasteiger partial charge in [0.2, 0.25) is 0 Å². The summed E-state index contributed by atoms with van der Waals surface area (Å²) < 4.78 is 5.71. The number of nitrogens with zero attached hydrogens (tertiary/aromatic N) is 2. The van der Waals surface area contributed by atoms with E-state index >= 15 is 0 Å².